The van der Waals surface area contributed by atoms with E-state index in [4.69, 9.17) is 45.3 Å². The summed E-state index contributed by atoms with van der Waals surface area (Å²) in [7, 11) is 0. The number of aliphatic hydroxyl groups excluding tert-OH is 5. The van der Waals surface area contributed by atoms with Gasteiger partial charge in [-0.1, -0.05) is 0 Å². The van der Waals surface area contributed by atoms with E-state index in [1.807, 2.05) is 0 Å². The first-order valence-electron chi connectivity index (χ1n) is 4.67. The molecule has 0 aromatic carbocycles. The summed E-state index contributed by atoms with van der Waals surface area (Å²) in [6.07, 6.45) is -7.04. The molecule has 0 unspecified atom stereocenters. The molecule has 7 N–H and O–H groups in total. The van der Waals surface area contributed by atoms with Gasteiger partial charge in [0.15, 0.2) is 6.29 Å². The first-order valence-corrected chi connectivity index (χ1v) is 4.67. The number of carboxylic acid groups (broad SMARTS) is 2. The monoisotopic (exact) mass is 270 g/mol. The maximum atomic E-state index is 9.12. The SMILES string of the molecule is O=C(O)C(=O)O.OC[C@@H]1O[C@H](O)[C@@H](O)[C@@H](O)[C@H]1O. The average Bonchev–Trinajstić information content (AvgIpc) is 2.31. The molecule has 1 heterocycles. The Balaban J connectivity index is 0.000000411. The minimum Gasteiger partial charge on any atom is -0.473 e. The summed E-state index contributed by atoms with van der Waals surface area (Å²) in [5.41, 5.74) is 0. The molecule has 1 fully saturated rings. The molecular formula is C8H14O10. The number of hydrogen-bond donors (Lipinski definition) is 7. The Kier molecular flexibility index (Phi) is 6.68. The molecule has 0 spiro atoms. The van der Waals surface area contributed by atoms with Crippen LogP contribution >= 0.6 is 0 Å². The van der Waals surface area contributed by atoms with Gasteiger partial charge in [-0.2, -0.15) is 0 Å². The Labute approximate surface area is 100 Å². The maximum absolute atomic E-state index is 9.12. The van der Waals surface area contributed by atoms with Gasteiger partial charge in [0.2, 0.25) is 0 Å². The van der Waals surface area contributed by atoms with Gasteiger partial charge in [-0.25, -0.2) is 9.59 Å². The molecule has 18 heavy (non-hydrogen) atoms. The fourth-order valence-corrected chi connectivity index (χ4v) is 1.08. The minimum atomic E-state index is -1.82. The number of ether oxygens (including phenoxy) is 1. The minimum absolute atomic E-state index is 0.526. The van der Waals surface area contributed by atoms with Gasteiger partial charge in [0.25, 0.3) is 0 Å². The van der Waals surface area contributed by atoms with Crippen molar-refractivity contribution >= 4 is 11.9 Å². The molecule has 0 aliphatic carbocycles. The summed E-state index contributed by atoms with van der Waals surface area (Å²) in [6, 6.07) is 0. The lowest BCUT2D eigenvalue weighted by molar-refractivity contribution is -0.286. The van der Waals surface area contributed by atoms with E-state index < -0.39 is 49.3 Å². The number of aliphatic hydroxyl groups is 5. The normalized spacial score (nSPS) is 35.3. The van der Waals surface area contributed by atoms with E-state index >= 15 is 0 Å². The van der Waals surface area contributed by atoms with Crippen molar-refractivity contribution in [1.29, 1.82) is 0 Å². The molecule has 1 aliphatic heterocycles. The third kappa shape index (κ3) is 4.52. The van der Waals surface area contributed by atoms with Crippen molar-refractivity contribution in [3.05, 3.63) is 0 Å². The van der Waals surface area contributed by atoms with Gasteiger partial charge in [-0.3, -0.25) is 0 Å². The van der Waals surface area contributed by atoms with E-state index in [1.165, 1.54) is 0 Å². The summed E-state index contributed by atoms with van der Waals surface area (Å²) in [5.74, 6) is -3.65. The number of carboxylic acids is 2. The molecule has 1 aliphatic rings. The van der Waals surface area contributed by atoms with Crippen LogP contribution in [0.25, 0.3) is 0 Å². The van der Waals surface area contributed by atoms with Gasteiger partial charge in [0.1, 0.15) is 24.4 Å². The highest BCUT2D eigenvalue weighted by Crippen LogP contribution is 2.18. The van der Waals surface area contributed by atoms with Crippen LogP contribution in [0.4, 0.5) is 0 Å². The number of rotatable bonds is 1. The quantitative estimate of drug-likeness (QED) is 0.231. The third-order valence-electron chi connectivity index (χ3n) is 2.05. The molecule has 0 amide bonds. The Morgan fingerprint density at radius 3 is 1.67 bits per heavy atom. The van der Waals surface area contributed by atoms with Gasteiger partial charge in [0.05, 0.1) is 6.61 Å². The van der Waals surface area contributed by atoms with E-state index in [-0.39, 0.29) is 0 Å². The number of hydrogen-bond acceptors (Lipinski definition) is 8. The highest BCUT2D eigenvalue weighted by molar-refractivity contribution is 6.27. The van der Waals surface area contributed by atoms with Crippen molar-refractivity contribution in [2.75, 3.05) is 6.61 Å². The van der Waals surface area contributed by atoms with Crippen molar-refractivity contribution in [3.8, 4) is 0 Å². The van der Waals surface area contributed by atoms with Gasteiger partial charge in [0, 0.05) is 0 Å². The Morgan fingerprint density at radius 2 is 1.33 bits per heavy atom. The zero-order valence-electron chi connectivity index (χ0n) is 8.95. The summed E-state index contributed by atoms with van der Waals surface area (Å²) >= 11 is 0. The van der Waals surface area contributed by atoms with E-state index in [2.05, 4.69) is 4.74 Å². The molecule has 106 valence electrons. The predicted octanol–water partition coefficient (Wildman–Crippen LogP) is -4.07. The molecule has 10 nitrogen and oxygen atoms in total. The molecule has 1 saturated heterocycles. The molecule has 0 aromatic rings. The van der Waals surface area contributed by atoms with E-state index in [1.54, 1.807) is 0 Å². The highest BCUT2D eigenvalue weighted by Gasteiger charge is 2.42. The van der Waals surface area contributed by atoms with Gasteiger partial charge >= 0.3 is 11.9 Å². The molecule has 0 radical (unpaired) electrons. The molecule has 0 aromatic heterocycles. The topological polar surface area (TPSA) is 185 Å². The zero-order valence-corrected chi connectivity index (χ0v) is 8.95. The summed E-state index contributed by atoms with van der Waals surface area (Å²) in [4.78, 5) is 18.2. The molecule has 10 heteroatoms. The summed E-state index contributed by atoms with van der Waals surface area (Å²) in [6.45, 7) is -0.526. The smallest absolute Gasteiger partial charge is 0.414 e. The summed E-state index contributed by atoms with van der Waals surface area (Å²) < 4.78 is 4.58. The summed E-state index contributed by atoms with van der Waals surface area (Å²) in [5, 5.41) is 59.4. The van der Waals surface area contributed by atoms with Gasteiger partial charge in [-0.15, -0.1) is 0 Å². The Morgan fingerprint density at radius 1 is 0.889 bits per heavy atom. The number of aliphatic carboxylic acids is 2. The Hall–Kier alpha value is -1.30. The van der Waals surface area contributed by atoms with Crippen LogP contribution in [0.15, 0.2) is 0 Å². The molecular weight excluding hydrogens is 256 g/mol. The fourth-order valence-electron chi connectivity index (χ4n) is 1.08. The second kappa shape index (κ2) is 7.20. The second-order valence-corrected chi connectivity index (χ2v) is 3.33. The van der Waals surface area contributed by atoms with Crippen LogP contribution in [0, 0.1) is 0 Å². The third-order valence-corrected chi connectivity index (χ3v) is 2.05. The molecule has 0 bridgehead atoms. The van der Waals surface area contributed by atoms with Crippen LogP contribution in [0.1, 0.15) is 0 Å². The maximum Gasteiger partial charge on any atom is 0.414 e. The fraction of sp³-hybridized carbons (Fsp3) is 0.750. The van der Waals surface area contributed by atoms with Crippen molar-refractivity contribution < 1.29 is 50.1 Å². The van der Waals surface area contributed by atoms with Gasteiger partial charge < -0.3 is 40.5 Å². The van der Waals surface area contributed by atoms with Crippen molar-refractivity contribution in [1.82, 2.24) is 0 Å². The molecule has 1 rings (SSSR count). The molecule has 5 atom stereocenters. The van der Waals surface area contributed by atoms with Crippen molar-refractivity contribution in [2.24, 2.45) is 0 Å². The van der Waals surface area contributed by atoms with Crippen LogP contribution in [-0.4, -0.2) is 85.0 Å². The van der Waals surface area contributed by atoms with Crippen LogP contribution < -0.4 is 0 Å². The lowest BCUT2D eigenvalue weighted by Gasteiger charge is -2.37. The Bertz CT molecular complexity index is 275. The first kappa shape index (κ1) is 16.7. The first-order chi connectivity index (χ1) is 8.22. The molecule has 0 saturated carbocycles. The zero-order chi connectivity index (χ0) is 14.5. The number of carbonyl (C=O) groups is 2. The predicted molar refractivity (Wildman–Crippen MR) is 51.3 cm³/mol. The van der Waals surface area contributed by atoms with Crippen LogP contribution in [-0.2, 0) is 14.3 Å². The lowest BCUT2D eigenvalue weighted by Crippen LogP contribution is -2.58. The van der Waals surface area contributed by atoms with Crippen LogP contribution in [0.3, 0.4) is 0 Å². The van der Waals surface area contributed by atoms with E-state index in [0.717, 1.165) is 0 Å². The standard InChI is InChI=1S/C6H12O6.C2H2O4/c7-1-2-3(8)4(9)5(10)6(11)12-2;3-1(4)2(5)6/h2-11H,1H2;(H,3,4)(H,5,6)/t2-,3-,4-,5-,6-;/m0./s1. The van der Waals surface area contributed by atoms with Crippen LogP contribution in [0.2, 0.25) is 0 Å². The highest BCUT2D eigenvalue weighted by atomic mass is 16.6. The lowest BCUT2D eigenvalue weighted by atomic mass is 10.00. The van der Waals surface area contributed by atoms with Crippen molar-refractivity contribution in [2.45, 2.75) is 30.7 Å². The second-order valence-electron chi connectivity index (χ2n) is 3.33. The largest absolute Gasteiger partial charge is 0.473 e. The van der Waals surface area contributed by atoms with Gasteiger partial charge in [-0.05, 0) is 0 Å². The van der Waals surface area contributed by atoms with E-state index in [9.17, 15) is 0 Å². The van der Waals surface area contributed by atoms with Crippen LogP contribution in [0.5, 0.6) is 0 Å². The van der Waals surface area contributed by atoms with Crippen molar-refractivity contribution in [3.63, 3.8) is 0 Å². The average molecular weight is 270 g/mol. The van der Waals surface area contributed by atoms with E-state index in [0.29, 0.717) is 0 Å².